The Morgan fingerprint density at radius 3 is 2.31 bits per heavy atom. The van der Waals surface area contributed by atoms with Crippen LogP contribution in [0.25, 0.3) is 0 Å². The smallest absolute Gasteiger partial charge is 0.228 e. The Morgan fingerprint density at radius 1 is 0.800 bits per heavy atom. The van der Waals surface area contributed by atoms with E-state index in [0.717, 1.165) is 29.8 Å². The molecular weight excluding hydrogens is 479 g/mol. The van der Waals surface area contributed by atoms with Gasteiger partial charge in [-0.05, 0) is 54.3 Å². The number of carbonyl (C=O) groups is 1. The minimum absolute atomic E-state index is 0.134. The monoisotopic (exact) mass is 504 g/mol. The summed E-state index contributed by atoms with van der Waals surface area (Å²) in [6, 6.07) is 30.7. The van der Waals surface area contributed by atoms with Crippen molar-refractivity contribution in [3.63, 3.8) is 0 Å². The van der Waals surface area contributed by atoms with Crippen molar-refractivity contribution in [1.29, 1.82) is 0 Å². The Balaban J connectivity index is 1.33. The maximum absolute atomic E-state index is 12.8. The number of para-hydroxylation sites is 2. The Labute approximate surface area is 215 Å². The van der Waals surface area contributed by atoms with E-state index in [0.29, 0.717) is 28.0 Å². The molecule has 35 heavy (non-hydrogen) atoms. The average Bonchev–Trinajstić information content (AvgIpc) is 2.86. The fourth-order valence-corrected chi connectivity index (χ4v) is 4.19. The van der Waals surface area contributed by atoms with Gasteiger partial charge in [0.25, 0.3) is 0 Å². The summed E-state index contributed by atoms with van der Waals surface area (Å²) < 4.78 is 5.89. The molecule has 0 radical (unpaired) electrons. The first-order chi connectivity index (χ1) is 17.1. The fourth-order valence-electron chi connectivity index (χ4n) is 3.70. The van der Waals surface area contributed by atoms with Gasteiger partial charge < -0.3 is 15.4 Å². The number of hydrogen-bond acceptors (Lipinski definition) is 3. The predicted octanol–water partition coefficient (Wildman–Crippen LogP) is 7.93. The fraction of sp³-hybridized carbons (Fsp3) is 0.138. The molecule has 0 bridgehead atoms. The summed E-state index contributed by atoms with van der Waals surface area (Å²) in [6.45, 7) is 0.607. The molecule has 0 spiro atoms. The molecule has 1 amide bonds. The number of hydrogen-bond donors (Lipinski definition) is 2. The van der Waals surface area contributed by atoms with E-state index < -0.39 is 0 Å². The van der Waals surface area contributed by atoms with E-state index in [1.165, 1.54) is 5.56 Å². The first-order valence-electron chi connectivity index (χ1n) is 11.4. The molecule has 4 aromatic rings. The topological polar surface area (TPSA) is 50.4 Å². The predicted molar refractivity (Wildman–Crippen MR) is 145 cm³/mol. The van der Waals surface area contributed by atoms with Gasteiger partial charge >= 0.3 is 0 Å². The maximum Gasteiger partial charge on any atom is 0.228 e. The van der Waals surface area contributed by atoms with E-state index in [1.54, 1.807) is 18.2 Å². The van der Waals surface area contributed by atoms with Crippen LogP contribution in [0.5, 0.6) is 5.75 Å². The normalized spacial score (nSPS) is 10.6. The summed E-state index contributed by atoms with van der Waals surface area (Å²) in [4.78, 5) is 12.8. The first-order valence-corrected chi connectivity index (χ1v) is 12.2. The second-order valence-electron chi connectivity index (χ2n) is 8.07. The molecule has 0 saturated carbocycles. The Bertz CT molecular complexity index is 1260. The maximum atomic E-state index is 12.8. The van der Waals surface area contributed by atoms with E-state index in [9.17, 15) is 4.79 Å². The molecule has 0 aromatic heterocycles. The van der Waals surface area contributed by atoms with Crippen LogP contribution in [0, 0.1) is 0 Å². The van der Waals surface area contributed by atoms with Crippen LogP contribution in [0.1, 0.15) is 17.5 Å². The van der Waals surface area contributed by atoms with Gasteiger partial charge in [-0.15, -0.1) is 0 Å². The lowest BCUT2D eigenvalue weighted by Crippen LogP contribution is -2.15. The molecule has 0 heterocycles. The average molecular weight is 505 g/mol. The number of ether oxygens (including phenoxy) is 1. The lowest BCUT2D eigenvalue weighted by atomic mass is 10.1. The summed E-state index contributed by atoms with van der Waals surface area (Å²) in [5, 5.41) is 7.25. The lowest BCUT2D eigenvalue weighted by Gasteiger charge is -2.15. The molecule has 2 N–H and O–H groups in total. The van der Waals surface area contributed by atoms with Crippen LogP contribution in [0.2, 0.25) is 10.0 Å². The van der Waals surface area contributed by atoms with Gasteiger partial charge in [-0.2, -0.15) is 0 Å². The first kappa shape index (κ1) is 24.6. The highest BCUT2D eigenvalue weighted by Crippen LogP contribution is 2.33. The molecule has 4 nitrogen and oxygen atoms in total. The Hall–Kier alpha value is -3.47. The summed E-state index contributed by atoms with van der Waals surface area (Å²) in [5.74, 6) is 0.594. The van der Waals surface area contributed by atoms with Gasteiger partial charge in [0.2, 0.25) is 5.91 Å². The largest absolute Gasteiger partial charge is 0.494 e. The third-order valence-electron chi connectivity index (χ3n) is 5.43. The molecule has 0 aliphatic heterocycles. The Kier molecular flexibility index (Phi) is 8.66. The molecule has 6 heteroatoms. The number of carbonyl (C=O) groups excluding carboxylic acids is 1. The SMILES string of the molecule is O=C(Cc1ccccc1Nc1c(Cl)cccc1Cl)Nc1cccc(OCCCc2ccccc2)c1. The van der Waals surface area contributed by atoms with Crippen molar-refractivity contribution in [2.75, 3.05) is 17.2 Å². The number of amides is 1. The van der Waals surface area contributed by atoms with E-state index in [2.05, 4.69) is 22.8 Å². The van der Waals surface area contributed by atoms with Crippen LogP contribution < -0.4 is 15.4 Å². The molecule has 0 aliphatic rings. The van der Waals surface area contributed by atoms with E-state index in [1.807, 2.05) is 66.7 Å². The quantitative estimate of drug-likeness (QED) is 0.215. The summed E-state index contributed by atoms with van der Waals surface area (Å²) in [6.07, 6.45) is 2.07. The number of aryl methyl sites for hydroxylation is 1. The zero-order valence-corrected chi connectivity index (χ0v) is 20.7. The third kappa shape index (κ3) is 7.25. The number of benzene rings is 4. The van der Waals surface area contributed by atoms with Crippen LogP contribution >= 0.6 is 23.2 Å². The van der Waals surface area contributed by atoms with Gasteiger partial charge in [0.05, 0.1) is 28.8 Å². The highest BCUT2D eigenvalue weighted by atomic mass is 35.5. The highest BCUT2D eigenvalue weighted by molar-refractivity contribution is 6.39. The number of rotatable bonds is 10. The van der Waals surface area contributed by atoms with Gasteiger partial charge in [0, 0.05) is 17.4 Å². The van der Waals surface area contributed by atoms with Crippen molar-refractivity contribution in [3.05, 3.63) is 118 Å². The van der Waals surface area contributed by atoms with E-state index in [-0.39, 0.29) is 12.3 Å². The van der Waals surface area contributed by atoms with Crippen molar-refractivity contribution >= 4 is 46.2 Å². The van der Waals surface area contributed by atoms with Crippen molar-refractivity contribution in [2.45, 2.75) is 19.3 Å². The van der Waals surface area contributed by atoms with Crippen molar-refractivity contribution in [2.24, 2.45) is 0 Å². The van der Waals surface area contributed by atoms with Crippen molar-refractivity contribution < 1.29 is 9.53 Å². The van der Waals surface area contributed by atoms with Gasteiger partial charge in [-0.3, -0.25) is 4.79 Å². The molecule has 0 atom stereocenters. The van der Waals surface area contributed by atoms with Crippen molar-refractivity contribution in [1.82, 2.24) is 0 Å². The van der Waals surface area contributed by atoms with Crippen LogP contribution in [-0.4, -0.2) is 12.5 Å². The summed E-state index contributed by atoms with van der Waals surface area (Å²) in [5.41, 5.74) is 4.20. The zero-order valence-electron chi connectivity index (χ0n) is 19.1. The molecular formula is C29H26Cl2N2O2. The molecule has 4 rings (SSSR count). The highest BCUT2D eigenvalue weighted by Gasteiger charge is 2.12. The van der Waals surface area contributed by atoms with Gasteiger partial charge in [-0.25, -0.2) is 0 Å². The third-order valence-corrected chi connectivity index (χ3v) is 6.06. The molecule has 0 saturated heterocycles. The van der Waals surface area contributed by atoms with Gasteiger partial charge in [0.1, 0.15) is 5.75 Å². The second-order valence-corrected chi connectivity index (χ2v) is 8.88. The van der Waals surface area contributed by atoms with E-state index >= 15 is 0 Å². The van der Waals surface area contributed by atoms with E-state index in [4.69, 9.17) is 27.9 Å². The van der Waals surface area contributed by atoms with Gasteiger partial charge in [0.15, 0.2) is 0 Å². The lowest BCUT2D eigenvalue weighted by molar-refractivity contribution is -0.115. The molecule has 4 aromatic carbocycles. The van der Waals surface area contributed by atoms with Crippen LogP contribution in [0.15, 0.2) is 97.1 Å². The molecule has 0 aliphatic carbocycles. The molecule has 178 valence electrons. The van der Waals surface area contributed by atoms with Crippen LogP contribution in [0.3, 0.4) is 0 Å². The number of halogens is 2. The minimum Gasteiger partial charge on any atom is -0.494 e. The standard InChI is InChI=1S/C29H26Cl2N2O2/c30-25-15-7-16-26(31)29(25)33-27-17-5-4-12-22(27)19-28(34)32-23-13-6-14-24(20-23)35-18-8-11-21-9-2-1-3-10-21/h1-7,9-10,12-17,20,33H,8,11,18-19H2,(H,32,34). The summed E-state index contributed by atoms with van der Waals surface area (Å²) >= 11 is 12.6. The Morgan fingerprint density at radius 2 is 1.51 bits per heavy atom. The molecule has 0 unspecified atom stereocenters. The van der Waals surface area contributed by atoms with Crippen LogP contribution in [0.4, 0.5) is 17.1 Å². The zero-order chi connectivity index (χ0) is 24.5. The minimum atomic E-state index is -0.134. The van der Waals surface area contributed by atoms with Crippen LogP contribution in [-0.2, 0) is 17.6 Å². The van der Waals surface area contributed by atoms with Crippen molar-refractivity contribution in [3.8, 4) is 5.75 Å². The number of nitrogens with one attached hydrogen (secondary N) is 2. The van der Waals surface area contributed by atoms with Gasteiger partial charge in [-0.1, -0.05) is 83.9 Å². The summed E-state index contributed by atoms with van der Waals surface area (Å²) in [7, 11) is 0. The molecule has 0 fully saturated rings. The second kappa shape index (κ2) is 12.3. The number of anilines is 3.